The van der Waals surface area contributed by atoms with Crippen LogP contribution in [-0.2, 0) is 30.7 Å². The first-order chi connectivity index (χ1) is 12.7. The summed E-state index contributed by atoms with van der Waals surface area (Å²) in [4.78, 5) is 28.8. The molecule has 5 nitrogen and oxygen atoms in total. The molecule has 1 N–H and O–H groups in total. The zero-order chi connectivity index (χ0) is 17.9. The van der Waals surface area contributed by atoms with Gasteiger partial charge in [0, 0.05) is 19.5 Å². The summed E-state index contributed by atoms with van der Waals surface area (Å²) >= 11 is 0. The van der Waals surface area contributed by atoms with E-state index in [9.17, 15) is 9.59 Å². The van der Waals surface area contributed by atoms with Crippen LogP contribution in [0.4, 0.5) is 0 Å². The van der Waals surface area contributed by atoms with E-state index in [1.54, 1.807) is 6.07 Å². The van der Waals surface area contributed by atoms with Gasteiger partial charge in [-0.25, -0.2) is 4.98 Å². The van der Waals surface area contributed by atoms with Gasteiger partial charge in [-0.1, -0.05) is 30.3 Å². The predicted molar refractivity (Wildman–Crippen MR) is 101 cm³/mol. The number of amides is 1. The van der Waals surface area contributed by atoms with Crippen molar-refractivity contribution < 1.29 is 4.79 Å². The SMILES string of the molecule is O=C(CCn1cnc2ccccc2c1=O)NCc1ccc2c(c1)CCC2. The number of hydrogen-bond donors (Lipinski definition) is 1. The molecule has 1 aromatic heterocycles. The van der Waals surface area contributed by atoms with E-state index in [1.807, 2.05) is 18.2 Å². The Hall–Kier alpha value is -2.95. The summed E-state index contributed by atoms with van der Waals surface area (Å²) in [7, 11) is 0. The smallest absolute Gasteiger partial charge is 0.261 e. The van der Waals surface area contributed by atoms with E-state index in [-0.39, 0.29) is 17.9 Å². The van der Waals surface area contributed by atoms with Crippen LogP contribution >= 0.6 is 0 Å². The lowest BCUT2D eigenvalue weighted by Crippen LogP contribution is -2.27. The molecule has 0 saturated carbocycles. The van der Waals surface area contributed by atoms with Crippen molar-refractivity contribution in [3.05, 3.63) is 75.8 Å². The molecule has 1 aliphatic rings. The summed E-state index contributed by atoms with van der Waals surface area (Å²) in [5.74, 6) is -0.0643. The van der Waals surface area contributed by atoms with E-state index in [4.69, 9.17) is 0 Å². The van der Waals surface area contributed by atoms with Crippen LogP contribution in [0.15, 0.2) is 53.6 Å². The maximum Gasteiger partial charge on any atom is 0.261 e. The third-order valence-electron chi connectivity index (χ3n) is 4.96. The first kappa shape index (κ1) is 16.5. The van der Waals surface area contributed by atoms with Crippen LogP contribution < -0.4 is 10.9 Å². The van der Waals surface area contributed by atoms with Gasteiger partial charge in [0.05, 0.1) is 17.2 Å². The number of carbonyl (C=O) groups excluding carboxylic acids is 1. The van der Waals surface area contributed by atoms with Crippen molar-refractivity contribution in [2.45, 2.75) is 38.8 Å². The summed E-state index contributed by atoms with van der Waals surface area (Å²) in [6.45, 7) is 0.851. The molecule has 0 saturated heterocycles. The molecule has 132 valence electrons. The predicted octanol–water partition coefficient (Wildman–Crippen LogP) is 2.59. The lowest BCUT2D eigenvalue weighted by molar-refractivity contribution is -0.121. The fourth-order valence-corrected chi connectivity index (χ4v) is 3.51. The lowest BCUT2D eigenvalue weighted by atomic mass is 10.1. The molecule has 0 radical (unpaired) electrons. The van der Waals surface area contributed by atoms with Crippen molar-refractivity contribution in [2.75, 3.05) is 0 Å². The highest BCUT2D eigenvalue weighted by Gasteiger charge is 2.11. The fourth-order valence-electron chi connectivity index (χ4n) is 3.51. The zero-order valence-corrected chi connectivity index (χ0v) is 14.6. The van der Waals surface area contributed by atoms with Crippen LogP contribution in [0.5, 0.6) is 0 Å². The zero-order valence-electron chi connectivity index (χ0n) is 14.6. The van der Waals surface area contributed by atoms with Gasteiger partial charge in [-0.3, -0.25) is 14.2 Å². The first-order valence-electron chi connectivity index (χ1n) is 9.02. The number of rotatable bonds is 5. The molecule has 1 aliphatic carbocycles. The Kier molecular flexibility index (Phi) is 4.52. The highest BCUT2D eigenvalue weighted by Crippen LogP contribution is 2.22. The van der Waals surface area contributed by atoms with Gasteiger partial charge < -0.3 is 5.32 Å². The third kappa shape index (κ3) is 3.38. The molecule has 0 bridgehead atoms. The molecule has 0 fully saturated rings. The minimum absolute atomic E-state index is 0.0643. The van der Waals surface area contributed by atoms with Crippen LogP contribution in [0.1, 0.15) is 29.5 Å². The summed E-state index contributed by atoms with van der Waals surface area (Å²) < 4.78 is 1.50. The normalized spacial score (nSPS) is 12.9. The number of aryl methyl sites for hydroxylation is 3. The Balaban J connectivity index is 1.35. The van der Waals surface area contributed by atoms with Gasteiger partial charge in [0.2, 0.25) is 5.91 Å². The molecule has 0 aliphatic heterocycles. The van der Waals surface area contributed by atoms with Gasteiger partial charge in [-0.2, -0.15) is 0 Å². The second-order valence-electron chi connectivity index (χ2n) is 6.74. The van der Waals surface area contributed by atoms with E-state index >= 15 is 0 Å². The number of carbonyl (C=O) groups is 1. The Morgan fingerprint density at radius 1 is 1.12 bits per heavy atom. The topological polar surface area (TPSA) is 64.0 Å². The minimum Gasteiger partial charge on any atom is -0.352 e. The number of para-hydroxylation sites is 1. The van der Waals surface area contributed by atoms with Gasteiger partial charge >= 0.3 is 0 Å². The quantitative estimate of drug-likeness (QED) is 0.772. The average Bonchev–Trinajstić information content (AvgIpc) is 3.14. The van der Waals surface area contributed by atoms with Crippen LogP contribution in [-0.4, -0.2) is 15.5 Å². The summed E-state index contributed by atoms with van der Waals surface area (Å²) in [6, 6.07) is 13.7. The van der Waals surface area contributed by atoms with Crippen LogP contribution in [0.3, 0.4) is 0 Å². The van der Waals surface area contributed by atoms with E-state index in [0.717, 1.165) is 18.4 Å². The molecule has 2 aromatic carbocycles. The van der Waals surface area contributed by atoms with Gasteiger partial charge in [0.1, 0.15) is 0 Å². The first-order valence-corrected chi connectivity index (χ1v) is 9.02. The number of benzene rings is 2. The molecule has 0 atom stereocenters. The minimum atomic E-state index is -0.109. The Morgan fingerprint density at radius 3 is 2.88 bits per heavy atom. The van der Waals surface area contributed by atoms with Crippen molar-refractivity contribution in [2.24, 2.45) is 0 Å². The molecular weight excluding hydrogens is 326 g/mol. The molecule has 5 heteroatoms. The fraction of sp³-hybridized carbons (Fsp3) is 0.286. The molecule has 1 heterocycles. The van der Waals surface area contributed by atoms with Crippen LogP contribution in [0.2, 0.25) is 0 Å². The standard InChI is InChI=1S/C21H21N3O2/c25-20(22-13-15-8-9-16-4-3-5-17(16)12-15)10-11-24-14-23-19-7-2-1-6-18(19)21(24)26/h1-2,6-9,12,14H,3-5,10-11,13H2,(H,22,25). The number of fused-ring (bicyclic) bond motifs is 2. The molecule has 26 heavy (non-hydrogen) atoms. The monoisotopic (exact) mass is 347 g/mol. The summed E-state index contributed by atoms with van der Waals surface area (Å²) in [6.07, 6.45) is 5.29. The molecule has 0 spiro atoms. The lowest BCUT2D eigenvalue weighted by Gasteiger charge is -2.09. The van der Waals surface area contributed by atoms with E-state index < -0.39 is 0 Å². The van der Waals surface area contributed by atoms with Crippen molar-refractivity contribution >= 4 is 16.8 Å². The maximum absolute atomic E-state index is 12.4. The number of nitrogens with zero attached hydrogens (tertiary/aromatic N) is 2. The molecule has 0 unspecified atom stereocenters. The van der Waals surface area contributed by atoms with E-state index in [1.165, 1.54) is 28.4 Å². The van der Waals surface area contributed by atoms with Crippen molar-refractivity contribution in [1.82, 2.24) is 14.9 Å². The Labute approximate surface area is 151 Å². The number of hydrogen-bond acceptors (Lipinski definition) is 3. The second-order valence-corrected chi connectivity index (χ2v) is 6.74. The second kappa shape index (κ2) is 7.12. The summed E-state index contributed by atoms with van der Waals surface area (Å²) in [5.41, 5.74) is 4.54. The van der Waals surface area contributed by atoms with Crippen LogP contribution in [0.25, 0.3) is 10.9 Å². The molecule has 4 rings (SSSR count). The molecular formula is C21H21N3O2. The summed E-state index contributed by atoms with van der Waals surface area (Å²) in [5, 5.41) is 3.52. The van der Waals surface area contributed by atoms with Gasteiger partial charge in [0.25, 0.3) is 5.56 Å². The Bertz CT molecular complexity index is 1020. The number of nitrogens with one attached hydrogen (secondary N) is 1. The van der Waals surface area contributed by atoms with Gasteiger partial charge in [0.15, 0.2) is 0 Å². The highest BCUT2D eigenvalue weighted by molar-refractivity contribution is 5.77. The van der Waals surface area contributed by atoms with Crippen LogP contribution in [0, 0.1) is 0 Å². The number of aromatic nitrogens is 2. The van der Waals surface area contributed by atoms with Crippen molar-refractivity contribution in [3.8, 4) is 0 Å². The Morgan fingerprint density at radius 2 is 1.96 bits per heavy atom. The van der Waals surface area contributed by atoms with Crippen molar-refractivity contribution in [1.29, 1.82) is 0 Å². The molecule has 1 amide bonds. The van der Waals surface area contributed by atoms with E-state index in [2.05, 4.69) is 28.5 Å². The highest BCUT2D eigenvalue weighted by atomic mass is 16.1. The maximum atomic E-state index is 12.4. The van der Waals surface area contributed by atoms with Gasteiger partial charge in [-0.05, 0) is 48.1 Å². The molecule has 3 aromatic rings. The van der Waals surface area contributed by atoms with Gasteiger partial charge in [-0.15, -0.1) is 0 Å². The van der Waals surface area contributed by atoms with Crippen molar-refractivity contribution in [3.63, 3.8) is 0 Å². The largest absolute Gasteiger partial charge is 0.352 e. The third-order valence-corrected chi connectivity index (χ3v) is 4.96. The van der Waals surface area contributed by atoms with E-state index in [0.29, 0.717) is 24.0 Å². The average molecular weight is 347 g/mol.